The molecule has 1 heterocycles. The standard InChI is InChI=1S/C16H19N3O/c1-15(2,3)14-18-12-6-5-11(9-13(12)19-14)16(17-10-20)7-4-8-16/h5-6,9H,4,7-8H2,1-3H3,(H,18,19). The van der Waals surface area contributed by atoms with Crippen molar-refractivity contribution >= 4 is 17.1 Å². The van der Waals surface area contributed by atoms with Crippen molar-refractivity contribution in [2.45, 2.75) is 51.0 Å². The summed E-state index contributed by atoms with van der Waals surface area (Å²) in [6, 6.07) is 6.13. The number of fused-ring (bicyclic) bond motifs is 1. The number of imidazole rings is 1. The van der Waals surface area contributed by atoms with E-state index in [0.717, 1.165) is 41.7 Å². The van der Waals surface area contributed by atoms with Crippen molar-refractivity contribution in [3.63, 3.8) is 0 Å². The minimum absolute atomic E-state index is 0.00567. The van der Waals surface area contributed by atoms with E-state index in [1.165, 1.54) is 0 Å². The van der Waals surface area contributed by atoms with Crippen LogP contribution in [0.1, 0.15) is 51.4 Å². The number of H-pyrrole nitrogens is 1. The SMILES string of the molecule is CC(C)(C)c1nc2ccc(C3(N=C=O)CCC3)cc2[nH]1. The zero-order valence-corrected chi connectivity index (χ0v) is 12.2. The van der Waals surface area contributed by atoms with Gasteiger partial charge in [0.2, 0.25) is 6.08 Å². The highest BCUT2D eigenvalue weighted by Crippen LogP contribution is 2.45. The number of rotatable bonds is 2. The summed E-state index contributed by atoms with van der Waals surface area (Å²) in [5.74, 6) is 0.978. The Morgan fingerprint density at radius 2 is 2.10 bits per heavy atom. The van der Waals surface area contributed by atoms with Crippen molar-refractivity contribution in [1.29, 1.82) is 0 Å². The van der Waals surface area contributed by atoms with E-state index in [1.54, 1.807) is 6.08 Å². The van der Waals surface area contributed by atoms with Gasteiger partial charge in [-0.05, 0) is 37.0 Å². The Labute approximate surface area is 118 Å². The third-order valence-electron chi connectivity index (χ3n) is 4.17. The molecule has 104 valence electrons. The van der Waals surface area contributed by atoms with E-state index in [-0.39, 0.29) is 11.0 Å². The molecule has 1 fully saturated rings. The lowest BCUT2D eigenvalue weighted by Gasteiger charge is -2.37. The lowest BCUT2D eigenvalue weighted by Crippen LogP contribution is -2.31. The molecular formula is C16H19N3O. The number of aromatic nitrogens is 2. The molecular weight excluding hydrogens is 250 g/mol. The van der Waals surface area contributed by atoms with Crippen LogP contribution in [0.2, 0.25) is 0 Å². The monoisotopic (exact) mass is 269 g/mol. The molecule has 0 amide bonds. The molecule has 1 aliphatic rings. The maximum atomic E-state index is 10.7. The minimum Gasteiger partial charge on any atom is -0.342 e. The molecule has 0 spiro atoms. The van der Waals surface area contributed by atoms with Gasteiger partial charge in [-0.3, -0.25) is 0 Å². The molecule has 1 aromatic heterocycles. The highest BCUT2D eigenvalue weighted by molar-refractivity contribution is 5.76. The molecule has 0 unspecified atom stereocenters. The van der Waals surface area contributed by atoms with E-state index in [1.807, 2.05) is 12.1 Å². The first-order valence-corrected chi connectivity index (χ1v) is 7.04. The Morgan fingerprint density at radius 3 is 2.65 bits per heavy atom. The van der Waals surface area contributed by atoms with E-state index in [9.17, 15) is 4.79 Å². The van der Waals surface area contributed by atoms with Crippen LogP contribution in [0.3, 0.4) is 0 Å². The van der Waals surface area contributed by atoms with Gasteiger partial charge < -0.3 is 4.98 Å². The number of hydrogen-bond donors (Lipinski definition) is 1. The smallest absolute Gasteiger partial charge is 0.235 e. The first kappa shape index (κ1) is 13.1. The Hall–Kier alpha value is -1.93. The summed E-state index contributed by atoms with van der Waals surface area (Å²) in [5.41, 5.74) is 2.71. The Morgan fingerprint density at radius 1 is 1.35 bits per heavy atom. The first-order valence-electron chi connectivity index (χ1n) is 7.04. The topological polar surface area (TPSA) is 58.1 Å². The van der Waals surface area contributed by atoms with Crippen LogP contribution in [-0.4, -0.2) is 16.0 Å². The average Bonchev–Trinajstić information content (AvgIpc) is 2.76. The largest absolute Gasteiger partial charge is 0.342 e. The minimum atomic E-state index is -0.344. The van der Waals surface area contributed by atoms with Gasteiger partial charge in [-0.1, -0.05) is 26.8 Å². The molecule has 0 aliphatic heterocycles. The zero-order chi connectivity index (χ0) is 14.4. The van der Waals surface area contributed by atoms with Crippen LogP contribution in [0.25, 0.3) is 11.0 Å². The van der Waals surface area contributed by atoms with Crippen LogP contribution < -0.4 is 0 Å². The van der Waals surface area contributed by atoms with Crippen LogP contribution >= 0.6 is 0 Å². The molecule has 1 aliphatic carbocycles. The summed E-state index contributed by atoms with van der Waals surface area (Å²) in [4.78, 5) is 22.7. The van der Waals surface area contributed by atoms with Gasteiger partial charge in [-0.25, -0.2) is 9.78 Å². The zero-order valence-electron chi connectivity index (χ0n) is 12.2. The second-order valence-corrected chi connectivity index (χ2v) is 6.66. The summed E-state index contributed by atoms with van der Waals surface area (Å²) in [5, 5.41) is 0. The maximum absolute atomic E-state index is 10.7. The van der Waals surface area contributed by atoms with E-state index in [4.69, 9.17) is 0 Å². The van der Waals surface area contributed by atoms with Gasteiger partial charge in [0.1, 0.15) is 5.82 Å². The Kier molecular flexibility index (Phi) is 2.80. The van der Waals surface area contributed by atoms with Gasteiger partial charge in [0.05, 0.1) is 16.6 Å². The Bertz CT molecular complexity index is 698. The number of aromatic amines is 1. The van der Waals surface area contributed by atoms with Gasteiger partial charge in [0.15, 0.2) is 0 Å². The summed E-state index contributed by atoms with van der Waals surface area (Å²) in [6.07, 6.45) is 4.70. The van der Waals surface area contributed by atoms with Crippen LogP contribution in [0.15, 0.2) is 23.2 Å². The van der Waals surface area contributed by atoms with Gasteiger partial charge in [0.25, 0.3) is 0 Å². The summed E-state index contributed by atoms with van der Waals surface area (Å²) < 4.78 is 0. The predicted octanol–water partition coefficient (Wildman–Crippen LogP) is 3.58. The maximum Gasteiger partial charge on any atom is 0.235 e. The van der Waals surface area contributed by atoms with Crippen molar-refractivity contribution in [2.24, 2.45) is 4.99 Å². The molecule has 0 saturated heterocycles. The summed E-state index contributed by atoms with van der Waals surface area (Å²) in [7, 11) is 0. The predicted molar refractivity (Wildman–Crippen MR) is 78.4 cm³/mol. The fraction of sp³-hybridized carbons (Fsp3) is 0.500. The number of benzene rings is 1. The summed E-state index contributed by atoms with van der Waals surface area (Å²) >= 11 is 0. The van der Waals surface area contributed by atoms with Gasteiger partial charge in [-0.2, -0.15) is 4.99 Å². The van der Waals surface area contributed by atoms with Crippen molar-refractivity contribution < 1.29 is 4.79 Å². The van der Waals surface area contributed by atoms with E-state index in [0.29, 0.717) is 0 Å². The molecule has 3 rings (SSSR count). The second-order valence-electron chi connectivity index (χ2n) is 6.66. The molecule has 0 radical (unpaired) electrons. The van der Waals surface area contributed by atoms with E-state index >= 15 is 0 Å². The van der Waals surface area contributed by atoms with Crippen LogP contribution in [0.4, 0.5) is 0 Å². The lowest BCUT2D eigenvalue weighted by molar-refractivity contribution is 0.256. The molecule has 4 nitrogen and oxygen atoms in total. The molecule has 0 bridgehead atoms. The van der Waals surface area contributed by atoms with Crippen molar-refractivity contribution in [3.8, 4) is 0 Å². The molecule has 4 heteroatoms. The van der Waals surface area contributed by atoms with E-state index in [2.05, 4.69) is 41.8 Å². The van der Waals surface area contributed by atoms with Gasteiger partial charge in [0, 0.05) is 5.41 Å². The molecule has 1 N–H and O–H groups in total. The number of nitrogens with zero attached hydrogens (tertiary/aromatic N) is 2. The van der Waals surface area contributed by atoms with Crippen LogP contribution in [0.5, 0.6) is 0 Å². The average molecular weight is 269 g/mol. The highest BCUT2D eigenvalue weighted by atomic mass is 16.1. The number of isocyanates is 1. The van der Waals surface area contributed by atoms with E-state index < -0.39 is 0 Å². The number of aliphatic imine (C=N–C) groups is 1. The third-order valence-corrected chi connectivity index (χ3v) is 4.17. The molecule has 20 heavy (non-hydrogen) atoms. The number of carbonyl (C=O) groups excluding carboxylic acids is 1. The number of nitrogens with one attached hydrogen (secondary N) is 1. The van der Waals surface area contributed by atoms with Gasteiger partial charge in [-0.15, -0.1) is 0 Å². The van der Waals surface area contributed by atoms with Gasteiger partial charge >= 0.3 is 0 Å². The lowest BCUT2D eigenvalue weighted by atomic mass is 9.72. The molecule has 1 saturated carbocycles. The molecule has 0 atom stereocenters. The van der Waals surface area contributed by atoms with Crippen molar-refractivity contribution in [2.75, 3.05) is 0 Å². The normalized spacial score (nSPS) is 17.6. The number of hydrogen-bond acceptors (Lipinski definition) is 3. The van der Waals surface area contributed by atoms with Crippen molar-refractivity contribution in [1.82, 2.24) is 9.97 Å². The van der Waals surface area contributed by atoms with Crippen molar-refractivity contribution in [3.05, 3.63) is 29.6 Å². The summed E-state index contributed by atoms with van der Waals surface area (Å²) in [6.45, 7) is 6.40. The third kappa shape index (κ3) is 1.97. The fourth-order valence-electron chi connectivity index (χ4n) is 2.72. The first-order chi connectivity index (χ1) is 9.44. The van der Waals surface area contributed by atoms with Crippen LogP contribution in [0, 0.1) is 0 Å². The molecule has 1 aromatic carbocycles. The van der Waals surface area contributed by atoms with Crippen LogP contribution in [-0.2, 0) is 15.7 Å². The fourth-order valence-corrected chi connectivity index (χ4v) is 2.72. The quantitative estimate of drug-likeness (QED) is 0.669. The second kappa shape index (κ2) is 4.29. The highest BCUT2D eigenvalue weighted by Gasteiger charge is 2.39. The molecule has 2 aromatic rings. The Balaban J connectivity index is 2.09.